The average molecular weight is 383 g/mol. The molecule has 0 aromatic heterocycles. The molecule has 1 heteroatoms. The van der Waals surface area contributed by atoms with Crippen LogP contribution in [-0.2, 0) is 11.8 Å². The van der Waals surface area contributed by atoms with Crippen LogP contribution in [0.5, 0.6) is 0 Å². The van der Waals surface area contributed by atoms with E-state index >= 15 is 0 Å². The minimum absolute atomic E-state index is 0.233. The molecule has 0 aliphatic carbocycles. The molecule has 28 heavy (non-hydrogen) atoms. The van der Waals surface area contributed by atoms with Crippen molar-refractivity contribution in [3.8, 4) is 0 Å². The summed E-state index contributed by atoms with van der Waals surface area (Å²) in [6.07, 6.45) is 1.97. The summed E-state index contributed by atoms with van der Waals surface area (Å²) in [4.78, 5) is 0. The summed E-state index contributed by atoms with van der Waals surface area (Å²) in [5.41, 5.74) is 5.00. The fourth-order valence-electron chi connectivity index (χ4n) is 4.09. The topological polar surface area (TPSA) is 0 Å². The van der Waals surface area contributed by atoms with E-state index in [1.165, 1.54) is 22.3 Å². The van der Waals surface area contributed by atoms with Crippen molar-refractivity contribution < 1.29 is 0 Å². The van der Waals surface area contributed by atoms with Crippen molar-refractivity contribution in [1.29, 1.82) is 0 Å². The van der Waals surface area contributed by atoms with Crippen molar-refractivity contribution in [2.24, 2.45) is 0 Å². The van der Waals surface area contributed by atoms with Gasteiger partial charge >= 0.3 is 0 Å². The van der Waals surface area contributed by atoms with E-state index in [9.17, 15) is 0 Å². The molecule has 0 aliphatic rings. The van der Waals surface area contributed by atoms with Crippen LogP contribution in [0.1, 0.15) is 28.7 Å². The van der Waals surface area contributed by atoms with E-state index in [0.29, 0.717) is 0 Å². The summed E-state index contributed by atoms with van der Waals surface area (Å²) < 4.78 is 0. The molecular weight excluding hydrogens is 360 g/mol. The van der Waals surface area contributed by atoms with Gasteiger partial charge in [-0.1, -0.05) is 115 Å². The first-order valence-electron chi connectivity index (χ1n) is 9.70. The van der Waals surface area contributed by atoms with Gasteiger partial charge in [0, 0.05) is 10.4 Å². The third kappa shape index (κ3) is 3.74. The van der Waals surface area contributed by atoms with E-state index in [-0.39, 0.29) is 5.41 Å². The zero-order chi connectivity index (χ0) is 19.2. The fraction of sp³-hybridized carbons (Fsp3) is 0.111. The van der Waals surface area contributed by atoms with Gasteiger partial charge in [0.25, 0.3) is 0 Å². The fourth-order valence-corrected chi connectivity index (χ4v) is 4.22. The number of hydrogen-bond donors (Lipinski definition) is 0. The molecule has 4 aromatic rings. The van der Waals surface area contributed by atoms with E-state index in [0.717, 1.165) is 17.9 Å². The molecule has 138 valence electrons. The third-order valence-electron chi connectivity index (χ3n) is 5.50. The number of rotatable bonds is 6. The van der Waals surface area contributed by atoms with Crippen LogP contribution < -0.4 is 0 Å². The first kappa shape index (κ1) is 18.5. The first-order chi connectivity index (χ1) is 13.8. The lowest BCUT2D eigenvalue weighted by molar-refractivity contribution is 0.559. The molecule has 0 saturated heterocycles. The molecule has 0 spiro atoms. The Bertz CT molecular complexity index is 951. The van der Waals surface area contributed by atoms with Crippen molar-refractivity contribution in [2.45, 2.75) is 18.3 Å². The number of aryl methyl sites for hydroxylation is 1. The van der Waals surface area contributed by atoms with Crippen LogP contribution in [0.3, 0.4) is 0 Å². The highest BCUT2D eigenvalue weighted by Gasteiger charge is 2.35. The highest BCUT2D eigenvalue weighted by Crippen LogP contribution is 2.43. The molecule has 0 amide bonds. The predicted molar refractivity (Wildman–Crippen MR) is 119 cm³/mol. The average Bonchev–Trinajstić information content (AvgIpc) is 2.77. The maximum atomic E-state index is 6.23. The van der Waals surface area contributed by atoms with Gasteiger partial charge in [-0.3, -0.25) is 0 Å². The lowest BCUT2D eigenvalue weighted by atomic mass is 9.66. The van der Waals surface area contributed by atoms with Crippen LogP contribution in [0, 0.1) is 0 Å². The molecule has 4 rings (SSSR count). The molecule has 0 nitrogen and oxygen atoms in total. The lowest BCUT2D eigenvalue weighted by Crippen LogP contribution is -2.30. The van der Waals surface area contributed by atoms with Crippen LogP contribution in [-0.4, -0.2) is 0 Å². The van der Waals surface area contributed by atoms with Crippen LogP contribution >= 0.6 is 11.6 Å². The smallest absolute Gasteiger partial charge is 0.0454 e. The van der Waals surface area contributed by atoms with E-state index < -0.39 is 0 Å². The summed E-state index contributed by atoms with van der Waals surface area (Å²) in [6, 6.07) is 40.7. The van der Waals surface area contributed by atoms with Gasteiger partial charge in [0.05, 0.1) is 0 Å². The van der Waals surface area contributed by atoms with Crippen LogP contribution in [0.25, 0.3) is 0 Å². The molecule has 0 saturated carbocycles. The summed E-state index contributed by atoms with van der Waals surface area (Å²) in [7, 11) is 0. The Kier molecular flexibility index (Phi) is 5.60. The first-order valence-corrected chi connectivity index (χ1v) is 10.1. The molecule has 0 fully saturated rings. The summed E-state index contributed by atoms with van der Waals surface area (Å²) in [6.45, 7) is 0. The Morgan fingerprint density at radius 1 is 0.500 bits per heavy atom. The minimum Gasteiger partial charge on any atom is -0.0843 e. The maximum Gasteiger partial charge on any atom is 0.0454 e. The molecule has 0 heterocycles. The predicted octanol–water partition coefficient (Wildman–Crippen LogP) is 7.31. The molecule has 0 atom stereocenters. The Morgan fingerprint density at radius 3 is 1.43 bits per heavy atom. The van der Waals surface area contributed by atoms with Gasteiger partial charge in [-0.05, 0) is 47.2 Å². The second-order valence-corrected chi connectivity index (χ2v) is 7.57. The highest BCUT2D eigenvalue weighted by atomic mass is 35.5. The van der Waals surface area contributed by atoms with Gasteiger partial charge in [-0.25, -0.2) is 0 Å². The molecule has 0 unspecified atom stereocenters. The molecule has 0 radical (unpaired) electrons. The second-order valence-electron chi connectivity index (χ2n) is 7.13. The van der Waals surface area contributed by atoms with Crippen molar-refractivity contribution in [3.05, 3.63) is 143 Å². The molecule has 0 N–H and O–H groups in total. The van der Waals surface area contributed by atoms with E-state index in [1.807, 2.05) is 12.1 Å². The van der Waals surface area contributed by atoms with Gasteiger partial charge in [0.15, 0.2) is 0 Å². The van der Waals surface area contributed by atoms with Crippen LogP contribution in [0.2, 0.25) is 5.02 Å². The zero-order valence-corrected chi connectivity index (χ0v) is 16.5. The van der Waals surface area contributed by atoms with Gasteiger partial charge in [0.1, 0.15) is 0 Å². The van der Waals surface area contributed by atoms with Gasteiger partial charge in [0.2, 0.25) is 0 Å². The number of halogens is 1. The van der Waals surface area contributed by atoms with E-state index in [1.54, 1.807) is 0 Å². The Hall–Kier alpha value is -2.83. The zero-order valence-electron chi connectivity index (χ0n) is 15.8. The van der Waals surface area contributed by atoms with Gasteiger partial charge in [-0.15, -0.1) is 0 Å². The second kappa shape index (κ2) is 8.46. The Balaban J connectivity index is 1.90. The largest absolute Gasteiger partial charge is 0.0843 e. The molecule has 4 aromatic carbocycles. The highest BCUT2D eigenvalue weighted by molar-refractivity contribution is 6.30. The van der Waals surface area contributed by atoms with Crippen molar-refractivity contribution >= 4 is 11.6 Å². The monoisotopic (exact) mass is 382 g/mol. The summed E-state index contributed by atoms with van der Waals surface area (Å²) in [5, 5.41) is 0.766. The van der Waals surface area contributed by atoms with Crippen LogP contribution in [0.4, 0.5) is 0 Å². The quantitative estimate of drug-likeness (QED) is 0.307. The minimum atomic E-state index is -0.233. The van der Waals surface area contributed by atoms with Gasteiger partial charge in [-0.2, -0.15) is 0 Å². The van der Waals surface area contributed by atoms with Crippen molar-refractivity contribution in [3.63, 3.8) is 0 Å². The Morgan fingerprint density at radius 2 is 0.929 bits per heavy atom. The normalized spacial score (nSPS) is 11.3. The Labute approximate surface area is 172 Å². The van der Waals surface area contributed by atoms with E-state index in [2.05, 4.69) is 103 Å². The molecule has 0 bridgehead atoms. The summed E-state index contributed by atoms with van der Waals surface area (Å²) >= 11 is 6.23. The lowest BCUT2D eigenvalue weighted by Gasteiger charge is -2.36. The maximum absolute atomic E-state index is 6.23. The van der Waals surface area contributed by atoms with Crippen LogP contribution in [0.15, 0.2) is 115 Å². The summed E-state index contributed by atoms with van der Waals surface area (Å²) in [5.74, 6) is 0. The number of hydrogen-bond acceptors (Lipinski definition) is 0. The van der Waals surface area contributed by atoms with Crippen molar-refractivity contribution in [2.75, 3.05) is 0 Å². The van der Waals surface area contributed by atoms with Crippen molar-refractivity contribution in [1.82, 2.24) is 0 Å². The molecular formula is C27H23Cl. The number of benzene rings is 4. The van der Waals surface area contributed by atoms with E-state index in [4.69, 9.17) is 11.6 Å². The molecule has 0 aliphatic heterocycles. The SMILES string of the molecule is Clc1ccc(C(CCc2ccccc2)(c2ccccc2)c2ccccc2)cc1. The van der Waals surface area contributed by atoms with Gasteiger partial charge < -0.3 is 0 Å². The standard InChI is InChI=1S/C27H23Cl/c28-26-18-16-25(17-19-26)27(23-12-6-2-7-13-23,24-14-8-3-9-15-24)21-20-22-10-4-1-5-11-22/h1-19H,20-21H2. The third-order valence-corrected chi connectivity index (χ3v) is 5.75.